The monoisotopic (exact) mass is 324 g/mol. The van der Waals surface area contributed by atoms with Gasteiger partial charge in [0.25, 0.3) is 0 Å². The van der Waals surface area contributed by atoms with E-state index < -0.39 is 0 Å². The van der Waals surface area contributed by atoms with E-state index in [1.54, 1.807) is 6.20 Å². The lowest BCUT2D eigenvalue weighted by Gasteiger charge is -2.24. The van der Waals surface area contributed by atoms with Crippen LogP contribution in [0.15, 0.2) is 42.6 Å². The van der Waals surface area contributed by atoms with Gasteiger partial charge in [-0.15, -0.1) is 12.4 Å². The number of piperidine rings is 1. The summed E-state index contributed by atoms with van der Waals surface area (Å²) in [5.74, 6) is 1.83. The van der Waals surface area contributed by atoms with Crippen molar-refractivity contribution in [2.45, 2.75) is 18.8 Å². The molecule has 1 aliphatic rings. The van der Waals surface area contributed by atoms with Gasteiger partial charge in [-0.2, -0.15) is 0 Å². The lowest BCUT2D eigenvalue weighted by molar-refractivity contribution is 0.419. The van der Waals surface area contributed by atoms with Crippen molar-refractivity contribution in [2.24, 2.45) is 0 Å². The molecule has 3 nitrogen and oxygen atoms in total. The van der Waals surface area contributed by atoms with Crippen molar-refractivity contribution in [3.63, 3.8) is 0 Å². The average molecular weight is 325 g/mol. The Balaban J connectivity index is 0.00000161. The molecule has 0 amide bonds. The molecule has 1 saturated heterocycles. The van der Waals surface area contributed by atoms with E-state index in [0.29, 0.717) is 22.6 Å². The van der Waals surface area contributed by atoms with Gasteiger partial charge in [-0.25, -0.2) is 4.98 Å². The fourth-order valence-corrected chi connectivity index (χ4v) is 2.74. The van der Waals surface area contributed by atoms with Gasteiger partial charge in [-0.05, 0) is 50.0 Å². The molecule has 112 valence electrons. The topological polar surface area (TPSA) is 34.1 Å². The molecular formula is C16H18Cl2N2O. The van der Waals surface area contributed by atoms with Crippen LogP contribution in [0.4, 0.5) is 0 Å². The van der Waals surface area contributed by atoms with Gasteiger partial charge in [0.2, 0.25) is 5.88 Å². The highest BCUT2D eigenvalue weighted by Crippen LogP contribution is 2.35. The summed E-state index contributed by atoms with van der Waals surface area (Å²) in [5, 5.41) is 3.99. The number of hydrogen-bond donors (Lipinski definition) is 1. The zero-order valence-corrected chi connectivity index (χ0v) is 13.2. The summed E-state index contributed by atoms with van der Waals surface area (Å²) in [6, 6.07) is 11.6. The van der Waals surface area contributed by atoms with Gasteiger partial charge in [0, 0.05) is 11.8 Å². The fraction of sp³-hybridized carbons (Fsp3) is 0.312. The maximum Gasteiger partial charge on any atom is 0.222 e. The Morgan fingerprint density at radius 1 is 1.10 bits per heavy atom. The predicted molar refractivity (Wildman–Crippen MR) is 87.9 cm³/mol. The van der Waals surface area contributed by atoms with Crippen LogP contribution in [0.2, 0.25) is 5.02 Å². The molecule has 1 aromatic carbocycles. The number of para-hydroxylation sites is 1. The van der Waals surface area contributed by atoms with Gasteiger partial charge in [0.05, 0.1) is 5.02 Å². The summed E-state index contributed by atoms with van der Waals surface area (Å²) in [6.45, 7) is 2.09. The second-order valence-electron chi connectivity index (χ2n) is 4.95. The molecule has 0 bridgehead atoms. The molecule has 0 unspecified atom stereocenters. The Hall–Kier alpha value is -1.29. The standard InChI is InChI=1S/C16H17ClN2O.ClH/c17-14-5-1-2-6-15(14)20-16-13(4-3-9-19-16)12-7-10-18-11-8-12;/h1-6,9,12,18H,7-8,10-11H2;1H. The highest BCUT2D eigenvalue weighted by molar-refractivity contribution is 6.32. The van der Waals surface area contributed by atoms with Crippen LogP contribution < -0.4 is 10.1 Å². The average Bonchev–Trinajstić information content (AvgIpc) is 2.51. The van der Waals surface area contributed by atoms with Crippen molar-refractivity contribution in [1.82, 2.24) is 10.3 Å². The van der Waals surface area contributed by atoms with Crippen molar-refractivity contribution >= 4 is 24.0 Å². The maximum absolute atomic E-state index is 6.15. The maximum atomic E-state index is 6.15. The molecule has 0 spiro atoms. The number of aromatic nitrogens is 1. The van der Waals surface area contributed by atoms with E-state index in [-0.39, 0.29) is 12.4 Å². The molecule has 5 heteroatoms. The normalized spacial score (nSPS) is 15.3. The van der Waals surface area contributed by atoms with Crippen LogP contribution in [0, 0.1) is 0 Å². The predicted octanol–water partition coefficient (Wildman–Crippen LogP) is 4.42. The molecule has 2 heterocycles. The SMILES string of the molecule is Cl.Clc1ccccc1Oc1ncccc1C1CCNCC1. The van der Waals surface area contributed by atoms with Crippen LogP contribution in [0.25, 0.3) is 0 Å². The van der Waals surface area contributed by atoms with E-state index in [1.807, 2.05) is 30.3 Å². The number of hydrogen-bond acceptors (Lipinski definition) is 3. The Labute approximate surface area is 136 Å². The van der Waals surface area contributed by atoms with Crippen molar-refractivity contribution < 1.29 is 4.74 Å². The number of benzene rings is 1. The minimum absolute atomic E-state index is 0. The molecule has 1 aromatic heterocycles. The Kier molecular flexibility index (Phi) is 5.85. The third kappa shape index (κ3) is 3.88. The number of ether oxygens (including phenoxy) is 1. The first-order chi connectivity index (χ1) is 9.84. The molecule has 21 heavy (non-hydrogen) atoms. The first kappa shape index (κ1) is 16.1. The fourth-order valence-electron chi connectivity index (χ4n) is 2.56. The van der Waals surface area contributed by atoms with Crippen LogP contribution in [0.5, 0.6) is 11.6 Å². The van der Waals surface area contributed by atoms with E-state index in [1.165, 1.54) is 5.56 Å². The molecule has 2 aromatic rings. The smallest absolute Gasteiger partial charge is 0.222 e. The van der Waals surface area contributed by atoms with Crippen LogP contribution in [-0.2, 0) is 0 Å². The summed E-state index contributed by atoms with van der Waals surface area (Å²) in [4.78, 5) is 4.39. The summed E-state index contributed by atoms with van der Waals surface area (Å²) in [7, 11) is 0. The van der Waals surface area contributed by atoms with Gasteiger partial charge in [0.1, 0.15) is 5.75 Å². The summed E-state index contributed by atoms with van der Waals surface area (Å²) in [6.07, 6.45) is 3.99. The molecular weight excluding hydrogens is 307 g/mol. The first-order valence-electron chi connectivity index (χ1n) is 6.92. The van der Waals surface area contributed by atoms with Gasteiger partial charge in [-0.1, -0.05) is 29.8 Å². The molecule has 1 aliphatic heterocycles. The molecule has 0 atom stereocenters. The molecule has 3 rings (SSSR count). The van der Waals surface area contributed by atoms with E-state index in [2.05, 4.69) is 16.4 Å². The highest BCUT2D eigenvalue weighted by Gasteiger charge is 2.20. The second kappa shape index (κ2) is 7.64. The van der Waals surface area contributed by atoms with E-state index in [9.17, 15) is 0 Å². The van der Waals surface area contributed by atoms with Crippen molar-refractivity contribution in [2.75, 3.05) is 13.1 Å². The molecule has 1 N–H and O–H groups in total. The third-order valence-electron chi connectivity index (χ3n) is 3.62. The van der Waals surface area contributed by atoms with Gasteiger partial charge in [-0.3, -0.25) is 0 Å². The first-order valence-corrected chi connectivity index (χ1v) is 7.30. The lowest BCUT2D eigenvalue weighted by Crippen LogP contribution is -2.26. The van der Waals surface area contributed by atoms with Crippen LogP contribution in [-0.4, -0.2) is 18.1 Å². The molecule has 1 fully saturated rings. The van der Waals surface area contributed by atoms with Crippen molar-refractivity contribution in [3.8, 4) is 11.6 Å². The third-order valence-corrected chi connectivity index (χ3v) is 3.94. The number of nitrogens with zero attached hydrogens (tertiary/aromatic N) is 1. The Morgan fingerprint density at radius 3 is 2.62 bits per heavy atom. The summed E-state index contributed by atoms with van der Waals surface area (Å²) < 4.78 is 5.93. The Morgan fingerprint density at radius 2 is 1.86 bits per heavy atom. The lowest BCUT2D eigenvalue weighted by atomic mass is 9.91. The quantitative estimate of drug-likeness (QED) is 0.907. The molecule has 0 radical (unpaired) electrons. The number of nitrogens with one attached hydrogen (secondary N) is 1. The molecule has 0 saturated carbocycles. The van der Waals surface area contributed by atoms with Crippen molar-refractivity contribution in [1.29, 1.82) is 0 Å². The van der Waals surface area contributed by atoms with E-state index in [0.717, 1.165) is 25.9 Å². The van der Waals surface area contributed by atoms with Gasteiger partial charge < -0.3 is 10.1 Å². The van der Waals surface area contributed by atoms with E-state index in [4.69, 9.17) is 16.3 Å². The number of rotatable bonds is 3. The minimum atomic E-state index is 0. The van der Waals surface area contributed by atoms with E-state index >= 15 is 0 Å². The van der Waals surface area contributed by atoms with Crippen LogP contribution in [0.1, 0.15) is 24.3 Å². The minimum Gasteiger partial charge on any atom is -0.437 e. The second-order valence-corrected chi connectivity index (χ2v) is 5.36. The largest absolute Gasteiger partial charge is 0.437 e. The zero-order chi connectivity index (χ0) is 13.8. The summed E-state index contributed by atoms with van der Waals surface area (Å²) >= 11 is 6.15. The zero-order valence-electron chi connectivity index (χ0n) is 11.6. The number of pyridine rings is 1. The summed E-state index contributed by atoms with van der Waals surface area (Å²) in [5.41, 5.74) is 1.17. The molecule has 0 aliphatic carbocycles. The van der Waals surface area contributed by atoms with Crippen molar-refractivity contribution in [3.05, 3.63) is 53.2 Å². The number of halogens is 2. The van der Waals surface area contributed by atoms with Crippen LogP contribution >= 0.6 is 24.0 Å². The van der Waals surface area contributed by atoms with Gasteiger partial charge >= 0.3 is 0 Å². The Bertz CT molecular complexity index is 586. The van der Waals surface area contributed by atoms with Gasteiger partial charge in [0.15, 0.2) is 0 Å². The highest BCUT2D eigenvalue weighted by atomic mass is 35.5. The van der Waals surface area contributed by atoms with Crippen LogP contribution in [0.3, 0.4) is 0 Å².